The first-order valence-corrected chi connectivity index (χ1v) is 10.8. The van der Waals surface area contributed by atoms with Gasteiger partial charge >= 0.3 is 12.4 Å². The first kappa shape index (κ1) is 22.9. The fraction of sp³-hybridized carbons (Fsp3) is 0.526. The Balaban J connectivity index is 1.84. The van der Waals surface area contributed by atoms with Crippen LogP contribution >= 0.6 is 10.5 Å². The Morgan fingerprint density at radius 1 is 1.20 bits per heavy atom. The fourth-order valence-corrected chi connectivity index (χ4v) is 7.20. The summed E-state index contributed by atoms with van der Waals surface area (Å²) in [6.07, 6.45) is -3.38. The summed E-state index contributed by atoms with van der Waals surface area (Å²) >= 11 is 0. The Morgan fingerprint density at radius 3 is 2.27 bits per heavy atom. The van der Waals surface area contributed by atoms with E-state index in [9.17, 15) is 36.7 Å². The van der Waals surface area contributed by atoms with E-state index < -0.39 is 40.1 Å². The summed E-state index contributed by atoms with van der Waals surface area (Å²) in [5, 5.41) is 18.8. The second-order valence-corrected chi connectivity index (χ2v) is 10.3. The zero-order valence-electron chi connectivity index (χ0n) is 15.9. The van der Waals surface area contributed by atoms with Crippen molar-refractivity contribution in [3.63, 3.8) is 0 Å². The van der Waals surface area contributed by atoms with Gasteiger partial charge in [0.05, 0.1) is 17.9 Å². The summed E-state index contributed by atoms with van der Waals surface area (Å²) in [5.74, 6) is 0.650. The lowest BCUT2D eigenvalue weighted by atomic mass is 9.87. The van der Waals surface area contributed by atoms with Crippen molar-refractivity contribution >= 4 is 10.5 Å². The van der Waals surface area contributed by atoms with Gasteiger partial charge in [-0.05, 0) is 31.5 Å². The van der Waals surface area contributed by atoms with Crippen LogP contribution in [-0.4, -0.2) is 58.1 Å². The average molecular weight is 454 g/mol. The highest BCUT2D eigenvalue weighted by Crippen LogP contribution is 2.66. The molecule has 1 saturated heterocycles. The van der Waals surface area contributed by atoms with Gasteiger partial charge in [-0.3, -0.25) is 0 Å². The van der Waals surface area contributed by atoms with Gasteiger partial charge in [0.25, 0.3) is 5.60 Å². The molecule has 1 N–H and O–H groups in total. The van der Waals surface area contributed by atoms with Crippen molar-refractivity contribution in [2.24, 2.45) is 0 Å². The molecule has 2 aliphatic carbocycles. The predicted molar refractivity (Wildman–Crippen MR) is 100 cm³/mol. The number of nitrogens with zero attached hydrogens (tertiary/aromatic N) is 2. The Kier molecular flexibility index (Phi) is 5.92. The molecule has 0 radical (unpaired) electrons. The number of nitriles is 1. The Bertz CT molecular complexity index is 835. The number of aliphatic hydroxyl groups is 1. The van der Waals surface area contributed by atoms with Crippen molar-refractivity contribution < 1.29 is 35.6 Å². The number of likely N-dealkylation sites (N-methyl/N-ethyl adjacent to an activating group) is 1. The fourth-order valence-electron chi connectivity index (χ4n) is 3.84. The lowest BCUT2D eigenvalue weighted by Gasteiger charge is -2.59. The summed E-state index contributed by atoms with van der Waals surface area (Å²) in [4.78, 5) is 0. The molecule has 0 aromatic heterocycles. The molecule has 3 unspecified atom stereocenters. The highest BCUT2D eigenvalue weighted by Gasteiger charge is 2.72. The van der Waals surface area contributed by atoms with Crippen molar-refractivity contribution in [3.8, 4) is 6.07 Å². The SMILES string of the molecule is CN(C1C=CC(C(O)(C(F)(F)F)C(F)(F)F)=CC1)S1(C2CC=CC=C2C#N)CCO1. The maximum absolute atomic E-state index is 13.1. The molecule has 30 heavy (non-hydrogen) atoms. The van der Waals surface area contributed by atoms with Gasteiger partial charge in [-0.25, -0.2) is 4.31 Å². The van der Waals surface area contributed by atoms with Gasteiger partial charge in [0.2, 0.25) is 0 Å². The molecule has 4 nitrogen and oxygen atoms in total. The maximum atomic E-state index is 13.1. The highest BCUT2D eigenvalue weighted by molar-refractivity contribution is 8.29. The standard InChI is InChI=1S/C19H20F6N2O2S/c1-27(30(11-10-29-30)16-5-3-2-4-13(16)12-26)15-8-6-14(7-9-15)17(28,18(20,21)22)19(23,24)25/h2-4,6-8,15-16,28H,5,9-11H2,1H3. The zero-order valence-corrected chi connectivity index (χ0v) is 16.7. The Hall–Kier alpha value is -1.74. The van der Waals surface area contributed by atoms with Crippen LogP contribution in [0.4, 0.5) is 26.3 Å². The topological polar surface area (TPSA) is 56.5 Å². The van der Waals surface area contributed by atoms with E-state index >= 15 is 0 Å². The van der Waals surface area contributed by atoms with Crippen LogP contribution in [-0.2, 0) is 4.18 Å². The van der Waals surface area contributed by atoms with Crippen molar-refractivity contribution in [2.45, 2.75) is 42.1 Å². The van der Waals surface area contributed by atoms with Crippen LogP contribution in [0, 0.1) is 11.3 Å². The summed E-state index contributed by atoms with van der Waals surface area (Å²) < 4.78 is 86.4. The Labute approximate surface area is 171 Å². The third-order valence-electron chi connectivity index (χ3n) is 5.62. The molecule has 0 aromatic rings. The highest BCUT2D eigenvalue weighted by atomic mass is 32.3. The minimum absolute atomic E-state index is 0.164. The average Bonchev–Trinajstić information content (AvgIpc) is 2.65. The van der Waals surface area contributed by atoms with E-state index in [-0.39, 0.29) is 11.7 Å². The first-order valence-electron chi connectivity index (χ1n) is 9.07. The van der Waals surface area contributed by atoms with E-state index in [1.807, 2.05) is 10.4 Å². The summed E-state index contributed by atoms with van der Waals surface area (Å²) in [7, 11) is -0.240. The van der Waals surface area contributed by atoms with Gasteiger partial charge in [-0.15, -0.1) is 0 Å². The van der Waals surface area contributed by atoms with Crippen molar-refractivity contribution in [1.82, 2.24) is 4.31 Å². The quantitative estimate of drug-likeness (QED) is 0.637. The largest absolute Gasteiger partial charge is 0.430 e. The molecule has 166 valence electrons. The maximum Gasteiger partial charge on any atom is 0.430 e. The molecule has 3 atom stereocenters. The molecule has 11 heteroatoms. The molecule has 1 fully saturated rings. The van der Waals surface area contributed by atoms with Crippen molar-refractivity contribution in [1.29, 1.82) is 5.26 Å². The van der Waals surface area contributed by atoms with Gasteiger partial charge in [-0.2, -0.15) is 31.6 Å². The summed E-state index contributed by atoms with van der Waals surface area (Å²) in [5.41, 5.74) is -5.63. The van der Waals surface area contributed by atoms with Crippen LogP contribution in [0.5, 0.6) is 0 Å². The molecule has 1 aliphatic heterocycles. The van der Waals surface area contributed by atoms with Crippen LogP contribution in [0.15, 0.2) is 47.6 Å². The molecular formula is C19H20F6N2O2S. The summed E-state index contributed by atoms with van der Waals surface area (Å²) in [6, 6.07) is 1.63. The number of rotatable bonds is 4. The van der Waals surface area contributed by atoms with Crippen molar-refractivity contribution in [2.75, 3.05) is 19.4 Å². The molecule has 0 saturated carbocycles. The van der Waals surface area contributed by atoms with Gasteiger partial charge < -0.3 is 9.29 Å². The normalized spacial score (nSPS) is 32.0. The predicted octanol–water partition coefficient (Wildman–Crippen LogP) is 4.47. The van der Waals surface area contributed by atoms with Crippen LogP contribution in [0.1, 0.15) is 12.8 Å². The minimum Gasteiger partial charge on any atom is -0.370 e. The number of hydrogen-bond acceptors (Lipinski definition) is 4. The molecule has 0 bridgehead atoms. The number of halogens is 6. The molecule has 3 aliphatic rings. The van der Waals surface area contributed by atoms with Crippen LogP contribution < -0.4 is 0 Å². The summed E-state index contributed by atoms with van der Waals surface area (Å²) in [6.45, 7) is 0.470. The molecule has 0 spiro atoms. The van der Waals surface area contributed by atoms with E-state index in [4.69, 9.17) is 4.18 Å². The number of allylic oxidation sites excluding steroid dienone is 3. The zero-order chi connectivity index (χ0) is 22.4. The van der Waals surface area contributed by atoms with Crippen LogP contribution in [0.2, 0.25) is 0 Å². The molecule has 0 aromatic carbocycles. The number of alkyl halides is 6. The smallest absolute Gasteiger partial charge is 0.370 e. The molecule has 1 heterocycles. The van der Waals surface area contributed by atoms with Crippen LogP contribution in [0.3, 0.4) is 0 Å². The lowest BCUT2D eigenvalue weighted by molar-refractivity contribution is -0.351. The Morgan fingerprint density at radius 2 is 1.83 bits per heavy atom. The van der Waals surface area contributed by atoms with Crippen molar-refractivity contribution in [3.05, 3.63) is 47.6 Å². The van der Waals surface area contributed by atoms with Crippen LogP contribution in [0.25, 0.3) is 0 Å². The monoisotopic (exact) mass is 454 g/mol. The van der Waals surface area contributed by atoms with E-state index in [2.05, 4.69) is 6.07 Å². The molecule has 3 rings (SSSR count). The number of hydrogen-bond donors (Lipinski definition) is 1. The first-order chi connectivity index (χ1) is 13.9. The third-order valence-corrected chi connectivity index (χ3v) is 9.52. The lowest BCUT2D eigenvalue weighted by Crippen LogP contribution is -2.58. The van der Waals surface area contributed by atoms with E-state index in [0.29, 0.717) is 30.4 Å². The minimum atomic E-state index is -5.91. The van der Waals surface area contributed by atoms with Gasteiger partial charge in [-0.1, -0.05) is 40.9 Å². The third kappa shape index (κ3) is 3.49. The van der Waals surface area contributed by atoms with Gasteiger partial charge in [0.1, 0.15) is 0 Å². The second kappa shape index (κ2) is 7.75. The van der Waals surface area contributed by atoms with Gasteiger partial charge in [0.15, 0.2) is 0 Å². The molecular weight excluding hydrogens is 434 g/mol. The van der Waals surface area contributed by atoms with Gasteiger partial charge in [0, 0.05) is 17.4 Å². The molecule has 0 amide bonds. The van der Waals surface area contributed by atoms with E-state index in [0.717, 1.165) is 6.08 Å². The van der Waals surface area contributed by atoms with E-state index in [1.54, 1.807) is 19.2 Å². The second-order valence-electron chi connectivity index (χ2n) is 7.18. The van der Waals surface area contributed by atoms with E-state index in [1.165, 1.54) is 6.08 Å².